The molecule has 4 rings (SSSR count). The van der Waals surface area contributed by atoms with Crippen molar-refractivity contribution in [2.45, 2.75) is 13.8 Å². The minimum Gasteiger partial charge on any atom is -0.378 e. The Balaban J connectivity index is 1.70. The van der Waals surface area contributed by atoms with Gasteiger partial charge in [0.15, 0.2) is 0 Å². The van der Waals surface area contributed by atoms with Crippen molar-refractivity contribution in [3.05, 3.63) is 57.6 Å². The van der Waals surface area contributed by atoms with Gasteiger partial charge in [-0.2, -0.15) is 15.0 Å². The second-order valence-corrected chi connectivity index (χ2v) is 7.84. The predicted octanol–water partition coefficient (Wildman–Crippen LogP) is 5.12. The topological polar surface area (TPSA) is 75.2 Å². The van der Waals surface area contributed by atoms with Gasteiger partial charge in [-0.1, -0.05) is 41.4 Å². The van der Waals surface area contributed by atoms with E-state index in [4.69, 9.17) is 27.9 Å². The number of benzene rings is 2. The highest BCUT2D eigenvalue weighted by atomic mass is 35.5. The fourth-order valence-corrected chi connectivity index (χ4v) is 3.44. The van der Waals surface area contributed by atoms with Gasteiger partial charge < -0.3 is 20.3 Å². The first-order valence-electron chi connectivity index (χ1n) is 9.64. The van der Waals surface area contributed by atoms with E-state index in [1.165, 1.54) is 0 Å². The molecule has 3 aromatic rings. The summed E-state index contributed by atoms with van der Waals surface area (Å²) in [6, 6.07) is 11.6. The van der Waals surface area contributed by atoms with Gasteiger partial charge in [-0.25, -0.2) is 0 Å². The summed E-state index contributed by atoms with van der Waals surface area (Å²) in [6.07, 6.45) is 0. The van der Waals surface area contributed by atoms with Gasteiger partial charge in [0.25, 0.3) is 0 Å². The van der Waals surface area contributed by atoms with Gasteiger partial charge in [0.05, 0.1) is 28.9 Å². The highest BCUT2D eigenvalue weighted by molar-refractivity contribution is 6.43. The molecule has 0 saturated carbocycles. The second kappa shape index (κ2) is 9.04. The van der Waals surface area contributed by atoms with Crippen LogP contribution < -0.4 is 15.5 Å². The Morgan fingerprint density at radius 2 is 1.60 bits per heavy atom. The molecule has 0 radical (unpaired) electrons. The van der Waals surface area contributed by atoms with Crippen molar-refractivity contribution in [1.82, 2.24) is 15.0 Å². The van der Waals surface area contributed by atoms with Crippen molar-refractivity contribution in [3.63, 3.8) is 0 Å². The summed E-state index contributed by atoms with van der Waals surface area (Å²) in [4.78, 5) is 15.9. The Hall–Kier alpha value is -2.61. The van der Waals surface area contributed by atoms with Crippen LogP contribution in [-0.4, -0.2) is 41.3 Å². The number of nitrogens with one attached hydrogen (secondary N) is 2. The zero-order chi connectivity index (χ0) is 21.1. The molecule has 0 amide bonds. The second-order valence-electron chi connectivity index (χ2n) is 7.05. The molecule has 0 unspecified atom stereocenters. The van der Waals surface area contributed by atoms with Crippen LogP contribution in [0.2, 0.25) is 10.0 Å². The van der Waals surface area contributed by atoms with Crippen LogP contribution in [0.1, 0.15) is 11.1 Å². The van der Waals surface area contributed by atoms with Crippen LogP contribution in [0.25, 0.3) is 0 Å². The molecule has 1 saturated heterocycles. The molecule has 156 valence electrons. The lowest BCUT2D eigenvalue weighted by molar-refractivity contribution is 0.122. The molecule has 0 aliphatic carbocycles. The predicted molar refractivity (Wildman–Crippen MR) is 122 cm³/mol. The lowest BCUT2D eigenvalue weighted by atomic mass is 10.1. The van der Waals surface area contributed by atoms with Crippen molar-refractivity contribution in [2.24, 2.45) is 0 Å². The maximum absolute atomic E-state index is 6.33. The first-order chi connectivity index (χ1) is 14.5. The minimum atomic E-state index is 0.378. The molecule has 1 aromatic heterocycles. The molecule has 2 heterocycles. The summed E-state index contributed by atoms with van der Waals surface area (Å²) < 4.78 is 5.45. The van der Waals surface area contributed by atoms with E-state index < -0.39 is 0 Å². The molecule has 30 heavy (non-hydrogen) atoms. The van der Waals surface area contributed by atoms with E-state index in [2.05, 4.69) is 48.7 Å². The largest absolute Gasteiger partial charge is 0.378 e. The lowest BCUT2D eigenvalue weighted by Crippen LogP contribution is -2.37. The summed E-state index contributed by atoms with van der Waals surface area (Å²) in [5.74, 6) is 1.39. The quantitative estimate of drug-likeness (QED) is 0.565. The van der Waals surface area contributed by atoms with E-state index in [0.717, 1.165) is 16.8 Å². The number of hydrogen-bond donors (Lipinski definition) is 2. The van der Waals surface area contributed by atoms with E-state index in [1.54, 1.807) is 6.07 Å². The summed E-state index contributed by atoms with van der Waals surface area (Å²) in [6.45, 7) is 6.78. The maximum Gasteiger partial charge on any atom is 0.233 e. The maximum atomic E-state index is 6.33. The van der Waals surface area contributed by atoms with Crippen LogP contribution in [0.5, 0.6) is 0 Å². The molecule has 2 aromatic carbocycles. The van der Waals surface area contributed by atoms with Gasteiger partial charge in [-0.3, -0.25) is 0 Å². The zero-order valence-electron chi connectivity index (χ0n) is 16.7. The van der Waals surface area contributed by atoms with Gasteiger partial charge in [0.1, 0.15) is 0 Å². The van der Waals surface area contributed by atoms with Gasteiger partial charge in [-0.15, -0.1) is 0 Å². The molecule has 0 bridgehead atoms. The SMILES string of the molecule is Cc1ccc(C)c(Nc2nc(Nc3cccc(Cl)c3Cl)nc(N3CCOCC3)n2)c1. The number of aromatic nitrogens is 3. The third-order valence-corrected chi connectivity index (χ3v) is 5.57. The Morgan fingerprint density at radius 3 is 2.33 bits per heavy atom. The van der Waals surface area contributed by atoms with E-state index >= 15 is 0 Å². The van der Waals surface area contributed by atoms with Crippen molar-refractivity contribution in [3.8, 4) is 0 Å². The Kier molecular flexibility index (Phi) is 6.22. The zero-order valence-corrected chi connectivity index (χ0v) is 18.3. The van der Waals surface area contributed by atoms with Gasteiger partial charge >= 0.3 is 0 Å². The molecule has 0 atom stereocenters. The molecule has 7 nitrogen and oxygen atoms in total. The van der Waals surface area contributed by atoms with Crippen LogP contribution in [-0.2, 0) is 4.74 Å². The van der Waals surface area contributed by atoms with E-state index in [0.29, 0.717) is 59.9 Å². The number of ether oxygens (including phenoxy) is 1. The molecule has 1 aliphatic rings. The number of halogens is 2. The molecular formula is C21H22Cl2N6O. The van der Waals surface area contributed by atoms with Gasteiger partial charge in [-0.05, 0) is 43.2 Å². The minimum absolute atomic E-state index is 0.378. The number of nitrogens with zero attached hydrogens (tertiary/aromatic N) is 4. The van der Waals surface area contributed by atoms with E-state index in [1.807, 2.05) is 26.0 Å². The monoisotopic (exact) mass is 444 g/mol. The van der Waals surface area contributed by atoms with Crippen LogP contribution in [0.3, 0.4) is 0 Å². The normalized spacial score (nSPS) is 13.9. The third-order valence-electron chi connectivity index (χ3n) is 4.76. The summed E-state index contributed by atoms with van der Waals surface area (Å²) in [7, 11) is 0. The van der Waals surface area contributed by atoms with E-state index in [9.17, 15) is 0 Å². The smallest absolute Gasteiger partial charge is 0.233 e. The third kappa shape index (κ3) is 4.75. The van der Waals surface area contributed by atoms with E-state index in [-0.39, 0.29) is 0 Å². The van der Waals surface area contributed by atoms with Gasteiger partial charge in [0.2, 0.25) is 17.8 Å². The molecule has 9 heteroatoms. The number of anilines is 5. The number of morpholine rings is 1. The standard InChI is InChI=1S/C21H22Cl2N6O/c1-13-6-7-14(2)17(12-13)25-20-26-19(24-16-5-3-4-15(22)18(16)23)27-21(28-20)29-8-10-30-11-9-29/h3-7,12H,8-11H2,1-2H3,(H2,24,25,26,27,28). The first kappa shape index (κ1) is 20.7. The first-order valence-corrected chi connectivity index (χ1v) is 10.4. The van der Waals surface area contributed by atoms with Crippen LogP contribution in [0.4, 0.5) is 29.2 Å². The van der Waals surface area contributed by atoms with Crippen molar-refractivity contribution in [1.29, 1.82) is 0 Å². The van der Waals surface area contributed by atoms with Crippen LogP contribution in [0.15, 0.2) is 36.4 Å². The summed E-state index contributed by atoms with van der Waals surface area (Å²) in [5.41, 5.74) is 3.82. The summed E-state index contributed by atoms with van der Waals surface area (Å²) >= 11 is 12.5. The van der Waals surface area contributed by atoms with Gasteiger partial charge in [0, 0.05) is 18.8 Å². The number of rotatable bonds is 5. The van der Waals surface area contributed by atoms with Crippen molar-refractivity contribution in [2.75, 3.05) is 41.8 Å². The molecule has 1 aliphatic heterocycles. The summed E-state index contributed by atoms with van der Waals surface area (Å²) in [5, 5.41) is 7.36. The van der Waals surface area contributed by atoms with Crippen molar-refractivity contribution < 1.29 is 4.74 Å². The van der Waals surface area contributed by atoms with Crippen LogP contribution in [0, 0.1) is 13.8 Å². The van der Waals surface area contributed by atoms with Crippen molar-refractivity contribution >= 4 is 52.4 Å². The Morgan fingerprint density at radius 1 is 0.900 bits per heavy atom. The highest BCUT2D eigenvalue weighted by Crippen LogP contribution is 2.31. The fraction of sp³-hybridized carbons (Fsp3) is 0.286. The Labute approximate surface area is 185 Å². The molecular weight excluding hydrogens is 423 g/mol. The average molecular weight is 445 g/mol. The van der Waals surface area contributed by atoms with Crippen LogP contribution >= 0.6 is 23.2 Å². The molecule has 0 spiro atoms. The number of aryl methyl sites for hydroxylation is 2. The highest BCUT2D eigenvalue weighted by Gasteiger charge is 2.18. The Bertz CT molecular complexity index is 1030. The molecule has 1 fully saturated rings. The fourth-order valence-electron chi connectivity index (χ4n) is 3.09. The average Bonchev–Trinajstić information content (AvgIpc) is 2.74. The number of hydrogen-bond acceptors (Lipinski definition) is 7. The molecule has 2 N–H and O–H groups in total. The lowest BCUT2D eigenvalue weighted by Gasteiger charge is -2.27.